The molecule has 1 N–H and O–H groups in total. The maximum Gasteiger partial charge on any atom is 0.148 e. The molecule has 2 aromatic rings. The van der Waals surface area contributed by atoms with Crippen molar-refractivity contribution in [3.63, 3.8) is 0 Å². The summed E-state index contributed by atoms with van der Waals surface area (Å²) in [6.45, 7) is 4.78. The van der Waals surface area contributed by atoms with E-state index in [9.17, 15) is 5.11 Å². The van der Waals surface area contributed by atoms with Crippen LogP contribution in [0.3, 0.4) is 0 Å². The lowest BCUT2D eigenvalue weighted by Gasteiger charge is -2.26. The largest absolute Gasteiger partial charge is 0.491 e. The molecule has 0 radical (unpaired) electrons. The highest BCUT2D eigenvalue weighted by atomic mass is 35.5. The van der Waals surface area contributed by atoms with Crippen LogP contribution in [0.5, 0.6) is 11.5 Å². The number of halogens is 1. The van der Waals surface area contributed by atoms with Gasteiger partial charge in [-0.25, -0.2) is 0 Å². The van der Waals surface area contributed by atoms with Crippen molar-refractivity contribution in [3.8, 4) is 23.8 Å². The average Bonchev–Trinajstić information content (AvgIpc) is 2.65. The highest BCUT2D eigenvalue weighted by Gasteiger charge is 2.23. The Balaban J connectivity index is 2.09. The third kappa shape index (κ3) is 5.16. The Labute approximate surface area is 154 Å². The summed E-state index contributed by atoms with van der Waals surface area (Å²) in [6, 6.07) is 15.8. The first-order valence-corrected chi connectivity index (χ1v) is 8.65. The van der Waals surface area contributed by atoms with Crippen LogP contribution in [0.2, 0.25) is 0 Å². The highest BCUT2D eigenvalue weighted by Crippen LogP contribution is 2.33. The Morgan fingerprint density at radius 1 is 1.00 bits per heavy atom. The van der Waals surface area contributed by atoms with Gasteiger partial charge in [0.1, 0.15) is 30.8 Å². The lowest BCUT2D eigenvalue weighted by molar-refractivity contribution is 0.125. The molecule has 3 nitrogen and oxygen atoms in total. The quantitative estimate of drug-likeness (QED) is 0.572. The van der Waals surface area contributed by atoms with Gasteiger partial charge in [-0.3, -0.25) is 0 Å². The van der Waals surface area contributed by atoms with E-state index in [1.807, 2.05) is 48.5 Å². The van der Waals surface area contributed by atoms with E-state index in [-0.39, 0.29) is 24.5 Å². The van der Waals surface area contributed by atoms with Gasteiger partial charge in [0, 0.05) is 5.41 Å². The summed E-state index contributed by atoms with van der Waals surface area (Å²) in [4.78, 5) is 0. The number of benzene rings is 2. The van der Waals surface area contributed by atoms with Crippen LogP contribution in [0.4, 0.5) is 0 Å². The van der Waals surface area contributed by atoms with Gasteiger partial charge in [0.05, 0.1) is 5.88 Å². The maximum atomic E-state index is 9.45. The second-order valence-electron chi connectivity index (χ2n) is 6.29. The van der Waals surface area contributed by atoms with Gasteiger partial charge in [-0.2, -0.15) is 0 Å². The van der Waals surface area contributed by atoms with Crippen LogP contribution in [0, 0.1) is 12.3 Å². The standard InChI is InChI=1S/C21H23ClO3/c1-4-13-24-19-9-5-16(6-10-19)21(2,3)17-7-11-20(12-8-17)25-15-18(23)14-22/h1,5-12,18,23H,13-15H2,2-3H3/t18-/m0/s1. The Bertz CT molecular complexity index is 699. The number of hydrogen-bond acceptors (Lipinski definition) is 3. The van der Waals surface area contributed by atoms with Crippen LogP contribution in [0.15, 0.2) is 48.5 Å². The molecule has 2 aromatic carbocycles. The van der Waals surface area contributed by atoms with Gasteiger partial charge in [-0.05, 0) is 35.4 Å². The second-order valence-corrected chi connectivity index (χ2v) is 6.59. The van der Waals surface area contributed by atoms with E-state index in [4.69, 9.17) is 27.5 Å². The third-order valence-corrected chi connectivity index (χ3v) is 4.45. The molecule has 0 aliphatic carbocycles. The predicted molar refractivity (Wildman–Crippen MR) is 102 cm³/mol. The first-order chi connectivity index (χ1) is 12.0. The van der Waals surface area contributed by atoms with Gasteiger partial charge in [-0.1, -0.05) is 44.0 Å². The van der Waals surface area contributed by atoms with Crippen LogP contribution in [-0.4, -0.2) is 30.3 Å². The van der Waals surface area contributed by atoms with Gasteiger partial charge in [-0.15, -0.1) is 18.0 Å². The van der Waals surface area contributed by atoms with E-state index >= 15 is 0 Å². The van der Waals surface area contributed by atoms with Crippen molar-refractivity contribution in [1.82, 2.24) is 0 Å². The summed E-state index contributed by atoms with van der Waals surface area (Å²) in [7, 11) is 0. The normalized spacial score (nSPS) is 12.3. The molecule has 0 aromatic heterocycles. The fourth-order valence-electron chi connectivity index (χ4n) is 2.46. The van der Waals surface area contributed by atoms with E-state index in [1.165, 1.54) is 5.56 Å². The fourth-order valence-corrected chi connectivity index (χ4v) is 2.55. The van der Waals surface area contributed by atoms with E-state index in [0.29, 0.717) is 5.75 Å². The van der Waals surface area contributed by atoms with Crippen LogP contribution in [-0.2, 0) is 5.41 Å². The zero-order chi connectivity index (χ0) is 18.3. The molecular formula is C21H23ClO3. The lowest BCUT2D eigenvalue weighted by atomic mass is 9.78. The molecule has 0 saturated carbocycles. The molecule has 25 heavy (non-hydrogen) atoms. The molecule has 4 heteroatoms. The smallest absolute Gasteiger partial charge is 0.148 e. The van der Waals surface area contributed by atoms with Crippen molar-refractivity contribution in [3.05, 3.63) is 59.7 Å². The van der Waals surface area contributed by atoms with Crippen LogP contribution in [0.25, 0.3) is 0 Å². The topological polar surface area (TPSA) is 38.7 Å². The van der Waals surface area contributed by atoms with Gasteiger partial charge in [0.25, 0.3) is 0 Å². The highest BCUT2D eigenvalue weighted by molar-refractivity contribution is 6.18. The van der Waals surface area contributed by atoms with Gasteiger partial charge in [0.15, 0.2) is 0 Å². The van der Waals surface area contributed by atoms with Gasteiger partial charge in [0.2, 0.25) is 0 Å². The number of hydrogen-bond donors (Lipinski definition) is 1. The monoisotopic (exact) mass is 358 g/mol. The van der Waals surface area contributed by atoms with Crippen molar-refractivity contribution in [2.75, 3.05) is 19.1 Å². The van der Waals surface area contributed by atoms with Gasteiger partial charge >= 0.3 is 0 Å². The van der Waals surface area contributed by atoms with E-state index < -0.39 is 6.10 Å². The Morgan fingerprint density at radius 2 is 1.48 bits per heavy atom. The van der Waals surface area contributed by atoms with Crippen molar-refractivity contribution < 1.29 is 14.6 Å². The summed E-state index contributed by atoms with van der Waals surface area (Å²) < 4.78 is 10.9. The second kappa shape index (κ2) is 8.80. The summed E-state index contributed by atoms with van der Waals surface area (Å²) in [5.74, 6) is 4.09. The van der Waals surface area contributed by atoms with Crippen LogP contribution in [0.1, 0.15) is 25.0 Å². The number of rotatable bonds is 8. The molecule has 0 unspecified atom stereocenters. The fraction of sp³-hybridized carbons (Fsp3) is 0.333. The Kier molecular flexibility index (Phi) is 6.75. The molecule has 0 bridgehead atoms. The molecule has 0 saturated heterocycles. The van der Waals surface area contributed by atoms with E-state index in [0.717, 1.165) is 11.3 Å². The summed E-state index contributed by atoms with van der Waals surface area (Å²) in [6.07, 6.45) is 4.54. The lowest BCUT2D eigenvalue weighted by Crippen LogP contribution is -2.20. The SMILES string of the molecule is C#CCOc1ccc(C(C)(C)c2ccc(OC[C@@H](O)CCl)cc2)cc1. The molecule has 2 rings (SSSR count). The van der Waals surface area contributed by atoms with E-state index in [1.54, 1.807) is 0 Å². The Morgan fingerprint density at radius 3 is 1.92 bits per heavy atom. The maximum absolute atomic E-state index is 9.45. The Hall–Kier alpha value is -2.15. The minimum atomic E-state index is -0.659. The number of terminal acetylenes is 1. The van der Waals surface area contributed by atoms with Crippen LogP contribution >= 0.6 is 11.6 Å². The average molecular weight is 359 g/mol. The number of ether oxygens (including phenoxy) is 2. The number of alkyl halides is 1. The first kappa shape index (κ1) is 19.2. The molecule has 1 atom stereocenters. The summed E-state index contributed by atoms with van der Waals surface area (Å²) in [5.41, 5.74) is 2.17. The zero-order valence-electron chi connectivity index (χ0n) is 14.5. The molecule has 0 spiro atoms. The predicted octanol–water partition coefficient (Wildman–Crippen LogP) is 4.00. The summed E-state index contributed by atoms with van der Waals surface area (Å²) >= 11 is 5.56. The van der Waals surface area contributed by atoms with Crippen molar-refractivity contribution in [1.29, 1.82) is 0 Å². The van der Waals surface area contributed by atoms with Crippen molar-refractivity contribution in [2.45, 2.75) is 25.4 Å². The zero-order valence-corrected chi connectivity index (χ0v) is 15.3. The molecule has 132 valence electrons. The minimum Gasteiger partial charge on any atom is -0.491 e. The molecule has 0 aliphatic rings. The first-order valence-electron chi connectivity index (χ1n) is 8.11. The number of aliphatic hydroxyl groups is 1. The molecule has 0 fully saturated rings. The summed E-state index contributed by atoms with van der Waals surface area (Å²) in [5, 5.41) is 9.45. The van der Waals surface area contributed by atoms with Crippen LogP contribution < -0.4 is 9.47 Å². The number of aliphatic hydroxyl groups excluding tert-OH is 1. The van der Waals surface area contributed by atoms with Crippen molar-refractivity contribution >= 4 is 11.6 Å². The molecule has 0 amide bonds. The molecular weight excluding hydrogens is 336 g/mol. The third-order valence-electron chi connectivity index (χ3n) is 4.09. The molecule has 0 aliphatic heterocycles. The van der Waals surface area contributed by atoms with E-state index in [2.05, 4.69) is 19.8 Å². The molecule has 0 heterocycles. The van der Waals surface area contributed by atoms with Crippen molar-refractivity contribution in [2.24, 2.45) is 0 Å². The minimum absolute atomic E-state index is 0.159. The van der Waals surface area contributed by atoms with Gasteiger partial charge < -0.3 is 14.6 Å².